The van der Waals surface area contributed by atoms with Gasteiger partial charge in [0.15, 0.2) is 0 Å². The standard InChI is InChI=1S/C27H25NO2S/c29-27(30)21-16-17-23-24(18-21)28(31-22-14-8-3-9-15-22)26(20-12-6-2-7-13-20)25(23)19-10-4-1-5-11-19/h2-3,6-9,12-19H,1,4-5,10-11H2,(H,29,30). The molecule has 4 heteroatoms. The summed E-state index contributed by atoms with van der Waals surface area (Å²) in [4.78, 5) is 12.9. The molecule has 1 N–H and O–H groups in total. The average Bonchev–Trinajstić information content (AvgIpc) is 3.14. The van der Waals surface area contributed by atoms with E-state index in [1.165, 1.54) is 54.3 Å². The molecule has 0 saturated heterocycles. The zero-order valence-corrected chi connectivity index (χ0v) is 18.1. The van der Waals surface area contributed by atoms with Crippen molar-refractivity contribution in [1.29, 1.82) is 0 Å². The van der Waals surface area contributed by atoms with E-state index in [1.807, 2.05) is 36.4 Å². The van der Waals surface area contributed by atoms with Crippen LogP contribution in [0.1, 0.15) is 53.9 Å². The van der Waals surface area contributed by atoms with E-state index in [0.29, 0.717) is 11.5 Å². The van der Waals surface area contributed by atoms with Gasteiger partial charge >= 0.3 is 5.97 Å². The maximum atomic E-state index is 11.8. The molecule has 0 bridgehead atoms. The number of fused-ring (bicyclic) bond motifs is 1. The molecule has 0 spiro atoms. The lowest BCUT2D eigenvalue weighted by Crippen LogP contribution is -2.06. The zero-order valence-electron chi connectivity index (χ0n) is 17.3. The Hall–Kier alpha value is -2.98. The van der Waals surface area contributed by atoms with E-state index in [4.69, 9.17) is 0 Å². The fraction of sp³-hybridized carbons (Fsp3) is 0.222. The van der Waals surface area contributed by atoms with Gasteiger partial charge in [-0.1, -0.05) is 73.9 Å². The van der Waals surface area contributed by atoms with Crippen LogP contribution in [0.3, 0.4) is 0 Å². The summed E-state index contributed by atoms with van der Waals surface area (Å²) in [5, 5.41) is 10.8. The molecule has 3 aromatic carbocycles. The number of benzene rings is 3. The Bertz CT molecular complexity index is 1210. The SMILES string of the molecule is O=C(O)c1ccc2c(C3CCCCC3)c(-c3ccccc3)n(Sc3ccccc3)c2c1. The molecule has 4 aromatic rings. The molecule has 156 valence electrons. The second-order valence-electron chi connectivity index (χ2n) is 8.20. The minimum absolute atomic E-state index is 0.328. The maximum absolute atomic E-state index is 11.8. The summed E-state index contributed by atoms with van der Waals surface area (Å²) >= 11 is 1.67. The van der Waals surface area contributed by atoms with Crippen LogP contribution in [0, 0.1) is 0 Å². The number of carboxylic acids is 1. The second-order valence-corrected chi connectivity index (χ2v) is 9.22. The molecule has 1 aliphatic carbocycles. The quantitative estimate of drug-likeness (QED) is 0.356. The van der Waals surface area contributed by atoms with Crippen LogP contribution in [-0.4, -0.2) is 15.0 Å². The third-order valence-corrected chi connectivity index (χ3v) is 7.26. The molecular formula is C27H25NO2S. The van der Waals surface area contributed by atoms with E-state index < -0.39 is 5.97 Å². The smallest absolute Gasteiger partial charge is 0.335 e. The number of hydrogen-bond donors (Lipinski definition) is 1. The molecular weight excluding hydrogens is 402 g/mol. The van der Waals surface area contributed by atoms with E-state index in [9.17, 15) is 9.90 Å². The molecule has 1 fully saturated rings. The van der Waals surface area contributed by atoms with Crippen molar-refractivity contribution in [2.24, 2.45) is 0 Å². The Morgan fingerprint density at radius 2 is 1.55 bits per heavy atom. The highest BCUT2D eigenvalue weighted by atomic mass is 32.2. The van der Waals surface area contributed by atoms with Crippen molar-refractivity contribution >= 4 is 28.8 Å². The third-order valence-electron chi connectivity index (χ3n) is 6.21. The molecule has 0 radical (unpaired) electrons. The fourth-order valence-electron chi connectivity index (χ4n) is 4.77. The van der Waals surface area contributed by atoms with Gasteiger partial charge in [-0.3, -0.25) is 3.97 Å². The minimum Gasteiger partial charge on any atom is -0.478 e. The summed E-state index contributed by atoms with van der Waals surface area (Å²) in [6.07, 6.45) is 6.19. The first-order valence-electron chi connectivity index (χ1n) is 10.9. The lowest BCUT2D eigenvalue weighted by molar-refractivity contribution is 0.0697. The Morgan fingerprint density at radius 3 is 2.23 bits per heavy atom. The Balaban J connectivity index is 1.81. The van der Waals surface area contributed by atoms with Crippen molar-refractivity contribution in [3.05, 3.63) is 90.0 Å². The van der Waals surface area contributed by atoms with Gasteiger partial charge in [0.05, 0.1) is 16.8 Å². The first-order valence-corrected chi connectivity index (χ1v) is 11.7. The monoisotopic (exact) mass is 427 g/mol. The Morgan fingerprint density at radius 1 is 0.871 bits per heavy atom. The predicted molar refractivity (Wildman–Crippen MR) is 128 cm³/mol. The lowest BCUT2D eigenvalue weighted by atomic mass is 9.82. The number of nitrogens with zero attached hydrogens (tertiary/aromatic N) is 1. The maximum Gasteiger partial charge on any atom is 0.335 e. The third kappa shape index (κ3) is 3.88. The van der Waals surface area contributed by atoms with Crippen LogP contribution >= 0.6 is 11.9 Å². The molecule has 5 rings (SSSR count). The van der Waals surface area contributed by atoms with Crippen molar-refractivity contribution in [2.45, 2.75) is 42.9 Å². The van der Waals surface area contributed by atoms with E-state index in [1.54, 1.807) is 18.0 Å². The molecule has 1 aliphatic rings. The van der Waals surface area contributed by atoms with Gasteiger partial charge in [-0.15, -0.1) is 0 Å². The summed E-state index contributed by atoms with van der Waals surface area (Å²) in [5.41, 5.74) is 5.07. The van der Waals surface area contributed by atoms with Gasteiger partial charge in [0.1, 0.15) is 0 Å². The molecule has 31 heavy (non-hydrogen) atoms. The molecule has 0 amide bonds. The Labute approximate surface area is 186 Å². The minimum atomic E-state index is -0.889. The molecule has 1 aromatic heterocycles. The van der Waals surface area contributed by atoms with Gasteiger partial charge in [-0.2, -0.15) is 0 Å². The van der Waals surface area contributed by atoms with Crippen LogP contribution in [-0.2, 0) is 0 Å². The highest BCUT2D eigenvalue weighted by molar-refractivity contribution is 7.98. The fourth-order valence-corrected chi connectivity index (χ4v) is 5.81. The van der Waals surface area contributed by atoms with Crippen LogP contribution in [0.4, 0.5) is 0 Å². The van der Waals surface area contributed by atoms with E-state index in [-0.39, 0.29) is 0 Å². The number of aromatic nitrogens is 1. The van der Waals surface area contributed by atoms with Gasteiger partial charge in [-0.25, -0.2) is 4.79 Å². The van der Waals surface area contributed by atoms with Crippen LogP contribution in [0.5, 0.6) is 0 Å². The van der Waals surface area contributed by atoms with Crippen molar-refractivity contribution < 1.29 is 9.90 Å². The highest BCUT2D eigenvalue weighted by Gasteiger charge is 2.27. The van der Waals surface area contributed by atoms with Gasteiger partial charge in [0.2, 0.25) is 0 Å². The molecule has 1 heterocycles. The molecule has 0 atom stereocenters. The van der Waals surface area contributed by atoms with E-state index >= 15 is 0 Å². The van der Waals surface area contributed by atoms with Gasteiger partial charge in [-0.05, 0) is 66.1 Å². The van der Waals surface area contributed by atoms with Crippen molar-refractivity contribution in [3.8, 4) is 11.3 Å². The van der Waals surface area contributed by atoms with Gasteiger partial charge in [0.25, 0.3) is 0 Å². The predicted octanol–water partition coefficient (Wildman–Crippen LogP) is 7.61. The summed E-state index contributed by atoms with van der Waals surface area (Å²) in [6, 6.07) is 26.5. The first kappa shape index (κ1) is 20.0. The summed E-state index contributed by atoms with van der Waals surface area (Å²) in [7, 11) is 0. The number of carbonyl (C=O) groups is 1. The van der Waals surface area contributed by atoms with Crippen LogP contribution < -0.4 is 0 Å². The van der Waals surface area contributed by atoms with Crippen molar-refractivity contribution in [1.82, 2.24) is 3.97 Å². The molecule has 3 nitrogen and oxygen atoms in total. The average molecular weight is 428 g/mol. The summed E-state index contributed by atoms with van der Waals surface area (Å²) in [5.74, 6) is -0.389. The van der Waals surface area contributed by atoms with Gasteiger partial charge < -0.3 is 5.11 Å². The first-order chi connectivity index (χ1) is 15.2. The Kier molecular flexibility index (Phi) is 5.56. The van der Waals surface area contributed by atoms with E-state index in [0.717, 1.165) is 10.4 Å². The van der Waals surface area contributed by atoms with Crippen LogP contribution in [0.25, 0.3) is 22.2 Å². The summed E-state index contributed by atoms with van der Waals surface area (Å²) < 4.78 is 2.26. The molecule has 1 saturated carbocycles. The molecule has 0 aliphatic heterocycles. The number of hydrogen-bond acceptors (Lipinski definition) is 2. The van der Waals surface area contributed by atoms with Crippen LogP contribution in [0.2, 0.25) is 0 Å². The zero-order chi connectivity index (χ0) is 21.2. The van der Waals surface area contributed by atoms with Crippen LogP contribution in [0.15, 0.2) is 83.8 Å². The largest absolute Gasteiger partial charge is 0.478 e. The topological polar surface area (TPSA) is 42.2 Å². The summed E-state index contributed by atoms with van der Waals surface area (Å²) in [6.45, 7) is 0. The normalized spacial score (nSPS) is 14.7. The molecule has 0 unspecified atom stereocenters. The second kappa shape index (κ2) is 8.64. The van der Waals surface area contributed by atoms with E-state index in [2.05, 4.69) is 40.4 Å². The highest BCUT2D eigenvalue weighted by Crippen LogP contribution is 2.46. The van der Waals surface area contributed by atoms with Crippen molar-refractivity contribution in [2.75, 3.05) is 0 Å². The number of aromatic carboxylic acids is 1. The lowest BCUT2D eigenvalue weighted by Gasteiger charge is -2.23. The number of rotatable bonds is 5. The van der Waals surface area contributed by atoms with Gasteiger partial charge in [0, 0.05) is 10.3 Å². The number of carboxylic acid groups (broad SMARTS) is 1. The van der Waals surface area contributed by atoms with Crippen molar-refractivity contribution in [3.63, 3.8) is 0 Å².